The minimum Gasteiger partial charge on any atom is -0.481 e. The molecule has 22 heavy (non-hydrogen) atoms. The van der Waals surface area contributed by atoms with Crippen LogP contribution in [-0.2, 0) is 11.3 Å². The van der Waals surface area contributed by atoms with E-state index in [1.54, 1.807) is 4.57 Å². The maximum absolute atomic E-state index is 11.8. The predicted octanol–water partition coefficient (Wildman–Crippen LogP) is 0.494. The fourth-order valence-corrected chi connectivity index (χ4v) is 2.11. The van der Waals surface area contributed by atoms with E-state index in [-0.39, 0.29) is 18.1 Å². The van der Waals surface area contributed by atoms with E-state index in [9.17, 15) is 14.4 Å². The van der Waals surface area contributed by atoms with Gasteiger partial charge in [0.2, 0.25) is 0 Å². The Labute approximate surface area is 126 Å². The van der Waals surface area contributed by atoms with Crippen LogP contribution >= 0.6 is 0 Å². The lowest BCUT2D eigenvalue weighted by Crippen LogP contribution is -2.38. The van der Waals surface area contributed by atoms with Crippen molar-refractivity contribution < 1.29 is 14.7 Å². The molecule has 0 spiro atoms. The van der Waals surface area contributed by atoms with E-state index in [1.165, 1.54) is 0 Å². The molecule has 0 fully saturated rings. The van der Waals surface area contributed by atoms with Gasteiger partial charge in [-0.05, 0) is 18.6 Å². The molecule has 1 heterocycles. The quantitative estimate of drug-likeness (QED) is 0.557. The van der Waals surface area contributed by atoms with Crippen LogP contribution in [-0.4, -0.2) is 39.7 Å². The fraction of sp³-hybridized carbons (Fsp3) is 0.357. The number of urea groups is 1. The lowest BCUT2D eigenvalue weighted by molar-refractivity contribution is -0.137. The number of nitrogens with one attached hydrogen (secondary N) is 3. The number of rotatable bonds is 7. The Morgan fingerprint density at radius 3 is 2.68 bits per heavy atom. The monoisotopic (exact) mass is 306 g/mol. The highest BCUT2D eigenvalue weighted by molar-refractivity contribution is 5.75. The molecule has 0 aliphatic rings. The smallest absolute Gasteiger partial charge is 0.326 e. The van der Waals surface area contributed by atoms with E-state index < -0.39 is 5.97 Å². The van der Waals surface area contributed by atoms with Crippen LogP contribution < -0.4 is 16.3 Å². The molecule has 0 unspecified atom stereocenters. The molecule has 118 valence electrons. The van der Waals surface area contributed by atoms with Crippen molar-refractivity contribution in [3.63, 3.8) is 0 Å². The van der Waals surface area contributed by atoms with Crippen molar-refractivity contribution in [1.82, 2.24) is 20.2 Å². The molecule has 1 aromatic heterocycles. The van der Waals surface area contributed by atoms with E-state index in [0.717, 1.165) is 11.0 Å². The van der Waals surface area contributed by atoms with Crippen molar-refractivity contribution in [2.24, 2.45) is 0 Å². The number of amides is 2. The Bertz CT molecular complexity index is 719. The molecule has 0 saturated heterocycles. The second-order valence-corrected chi connectivity index (χ2v) is 4.78. The Morgan fingerprint density at radius 1 is 1.18 bits per heavy atom. The number of carbonyl (C=O) groups excluding carboxylic acids is 1. The first kappa shape index (κ1) is 15.6. The molecule has 0 radical (unpaired) electrons. The molecule has 8 heteroatoms. The van der Waals surface area contributed by atoms with Crippen LogP contribution in [0.25, 0.3) is 11.0 Å². The van der Waals surface area contributed by atoms with Crippen LogP contribution in [0.15, 0.2) is 29.1 Å². The second-order valence-electron chi connectivity index (χ2n) is 4.78. The van der Waals surface area contributed by atoms with E-state index in [1.807, 2.05) is 24.3 Å². The van der Waals surface area contributed by atoms with Gasteiger partial charge in [-0.3, -0.25) is 9.36 Å². The number of imidazole rings is 1. The van der Waals surface area contributed by atoms with Crippen LogP contribution in [0, 0.1) is 0 Å². The van der Waals surface area contributed by atoms with Crippen LogP contribution in [0.5, 0.6) is 0 Å². The topological polar surface area (TPSA) is 116 Å². The summed E-state index contributed by atoms with van der Waals surface area (Å²) in [6.07, 6.45) is 0.398. The molecule has 1 aromatic carbocycles. The normalized spacial score (nSPS) is 10.5. The van der Waals surface area contributed by atoms with E-state index in [2.05, 4.69) is 15.6 Å². The molecule has 2 amide bonds. The molecule has 0 aliphatic carbocycles. The highest BCUT2D eigenvalue weighted by atomic mass is 16.4. The SMILES string of the molecule is O=C(O)CCCNC(=O)NCCn1c(=O)[nH]c2ccccc21. The number of para-hydroxylation sites is 2. The number of carboxylic acids is 1. The minimum absolute atomic E-state index is 0.0189. The van der Waals surface area contributed by atoms with Crippen molar-refractivity contribution in [2.45, 2.75) is 19.4 Å². The van der Waals surface area contributed by atoms with Gasteiger partial charge in [-0.1, -0.05) is 12.1 Å². The Balaban J connectivity index is 1.78. The lowest BCUT2D eigenvalue weighted by atomic mass is 10.3. The molecule has 0 bridgehead atoms. The first-order valence-corrected chi connectivity index (χ1v) is 6.99. The van der Waals surface area contributed by atoms with Gasteiger partial charge < -0.3 is 20.7 Å². The summed E-state index contributed by atoms with van der Waals surface area (Å²) in [6, 6.07) is 6.95. The summed E-state index contributed by atoms with van der Waals surface area (Å²) in [6.45, 7) is 0.947. The van der Waals surface area contributed by atoms with Gasteiger partial charge in [0.05, 0.1) is 11.0 Å². The van der Waals surface area contributed by atoms with Crippen molar-refractivity contribution in [2.75, 3.05) is 13.1 Å². The van der Waals surface area contributed by atoms with Gasteiger partial charge in [0.15, 0.2) is 0 Å². The number of nitrogens with zero attached hydrogens (tertiary/aromatic N) is 1. The van der Waals surface area contributed by atoms with Crippen molar-refractivity contribution >= 4 is 23.0 Å². The number of hydrogen-bond acceptors (Lipinski definition) is 3. The highest BCUT2D eigenvalue weighted by Gasteiger charge is 2.06. The van der Waals surface area contributed by atoms with Gasteiger partial charge in [-0.25, -0.2) is 9.59 Å². The minimum atomic E-state index is -0.888. The number of carbonyl (C=O) groups is 2. The Hall–Kier alpha value is -2.77. The Kier molecular flexibility index (Phi) is 5.18. The largest absolute Gasteiger partial charge is 0.481 e. The summed E-state index contributed by atoms with van der Waals surface area (Å²) in [5.74, 6) is -0.888. The number of aromatic amines is 1. The van der Waals surface area contributed by atoms with Gasteiger partial charge >= 0.3 is 17.7 Å². The number of hydrogen-bond donors (Lipinski definition) is 4. The maximum Gasteiger partial charge on any atom is 0.326 e. The third kappa shape index (κ3) is 4.11. The molecule has 8 nitrogen and oxygen atoms in total. The summed E-state index contributed by atoms with van der Waals surface area (Å²) >= 11 is 0. The third-order valence-electron chi connectivity index (χ3n) is 3.16. The third-order valence-corrected chi connectivity index (χ3v) is 3.16. The molecule has 0 atom stereocenters. The van der Waals surface area contributed by atoms with Gasteiger partial charge in [0, 0.05) is 26.1 Å². The van der Waals surface area contributed by atoms with Gasteiger partial charge in [-0.15, -0.1) is 0 Å². The predicted molar refractivity (Wildman–Crippen MR) is 80.8 cm³/mol. The molecule has 4 N–H and O–H groups in total. The van der Waals surface area contributed by atoms with Crippen LogP contribution in [0.4, 0.5) is 4.79 Å². The number of aliphatic carboxylic acids is 1. The number of fused-ring (bicyclic) bond motifs is 1. The summed E-state index contributed by atoms with van der Waals surface area (Å²) in [4.78, 5) is 36.4. The van der Waals surface area contributed by atoms with E-state index >= 15 is 0 Å². The molecular formula is C14H18N4O4. The summed E-state index contributed by atoms with van der Waals surface area (Å²) in [5, 5.41) is 13.7. The molecule has 2 aromatic rings. The number of aromatic nitrogens is 2. The summed E-state index contributed by atoms with van der Waals surface area (Å²) in [5.41, 5.74) is 1.33. The summed E-state index contributed by atoms with van der Waals surface area (Å²) < 4.78 is 1.56. The number of benzene rings is 1. The fourth-order valence-electron chi connectivity index (χ4n) is 2.11. The molecule has 2 rings (SSSR count). The second kappa shape index (κ2) is 7.30. The first-order valence-electron chi connectivity index (χ1n) is 6.99. The molecule has 0 aliphatic heterocycles. The van der Waals surface area contributed by atoms with Crippen molar-refractivity contribution in [3.05, 3.63) is 34.7 Å². The van der Waals surface area contributed by atoms with Gasteiger partial charge in [-0.2, -0.15) is 0 Å². The average molecular weight is 306 g/mol. The van der Waals surface area contributed by atoms with Gasteiger partial charge in [0.1, 0.15) is 0 Å². The van der Waals surface area contributed by atoms with Crippen LogP contribution in [0.1, 0.15) is 12.8 Å². The van der Waals surface area contributed by atoms with Crippen LogP contribution in [0.3, 0.4) is 0 Å². The van der Waals surface area contributed by atoms with Crippen molar-refractivity contribution in [1.29, 1.82) is 0 Å². The average Bonchev–Trinajstić information content (AvgIpc) is 2.80. The maximum atomic E-state index is 11.8. The zero-order chi connectivity index (χ0) is 15.9. The van der Waals surface area contributed by atoms with Crippen LogP contribution in [0.2, 0.25) is 0 Å². The lowest BCUT2D eigenvalue weighted by Gasteiger charge is -2.07. The zero-order valence-corrected chi connectivity index (χ0v) is 12.0. The van der Waals surface area contributed by atoms with Crippen molar-refractivity contribution in [3.8, 4) is 0 Å². The van der Waals surface area contributed by atoms with Gasteiger partial charge in [0.25, 0.3) is 0 Å². The zero-order valence-electron chi connectivity index (χ0n) is 12.0. The number of H-pyrrole nitrogens is 1. The molecular weight excluding hydrogens is 288 g/mol. The standard InChI is InChI=1S/C14H18N4O4/c19-12(20)6-3-7-15-13(21)16-8-9-18-11-5-2-1-4-10(11)17-14(18)22/h1-2,4-5H,3,6-9H2,(H,17,22)(H,19,20)(H2,15,16,21). The number of carboxylic acid groups (broad SMARTS) is 1. The van der Waals surface area contributed by atoms with E-state index in [4.69, 9.17) is 5.11 Å². The highest BCUT2D eigenvalue weighted by Crippen LogP contribution is 2.08. The molecule has 0 saturated carbocycles. The Morgan fingerprint density at radius 2 is 1.91 bits per heavy atom. The first-order chi connectivity index (χ1) is 10.6. The summed E-state index contributed by atoms with van der Waals surface area (Å²) in [7, 11) is 0. The van der Waals surface area contributed by atoms with E-state index in [0.29, 0.717) is 26.1 Å².